The van der Waals surface area contributed by atoms with Crippen LogP contribution in [0.2, 0.25) is 5.02 Å². The molecule has 184 valence electrons. The van der Waals surface area contributed by atoms with Crippen molar-refractivity contribution in [2.45, 2.75) is 17.2 Å². The summed E-state index contributed by atoms with van der Waals surface area (Å²) in [7, 11) is -3.66. The Hall–Kier alpha value is -3.79. The highest BCUT2D eigenvalue weighted by Gasteiger charge is 2.22. The molecule has 0 bridgehead atoms. The summed E-state index contributed by atoms with van der Waals surface area (Å²) in [5.74, 6) is 0.0868. The fraction of sp³-hybridized carbons (Fsp3) is 0.115. The quantitative estimate of drug-likeness (QED) is 0.239. The van der Waals surface area contributed by atoms with Gasteiger partial charge in [-0.05, 0) is 60.0 Å². The number of azo groups is 1. The molecular formula is C26H25ClN6O2S. The molecule has 1 heterocycles. The molecule has 8 nitrogen and oxygen atoms in total. The van der Waals surface area contributed by atoms with Crippen LogP contribution in [0.3, 0.4) is 0 Å². The molecule has 0 fully saturated rings. The van der Waals surface area contributed by atoms with Gasteiger partial charge >= 0.3 is 0 Å². The normalized spacial score (nSPS) is 12.6. The lowest BCUT2D eigenvalue weighted by Gasteiger charge is -2.21. The summed E-state index contributed by atoms with van der Waals surface area (Å²) in [5, 5.41) is 9.28. The van der Waals surface area contributed by atoms with Gasteiger partial charge in [-0.2, -0.15) is 5.11 Å². The zero-order chi connectivity index (χ0) is 25.5. The summed E-state index contributed by atoms with van der Waals surface area (Å²) in [6.07, 6.45) is 0.419. The molecule has 0 saturated carbocycles. The fourth-order valence-corrected chi connectivity index (χ4v) is 4.99. The van der Waals surface area contributed by atoms with Gasteiger partial charge in [0.25, 0.3) is 0 Å². The van der Waals surface area contributed by atoms with E-state index in [1.807, 2.05) is 30.3 Å². The molecule has 0 spiro atoms. The number of rotatable bonds is 9. The van der Waals surface area contributed by atoms with E-state index in [1.165, 1.54) is 0 Å². The van der Waals surface area contributed by atoms with Gasteiger partial charge in [0.1, 0.15) is 11.5 Å². The van der Waals surface area contributed by atoms with Crippen molar-refractivity contribution in [1.29, 1.82) is 0 Å². The molecule has 0 radical (unpaired) electrons. The molecule has 0 aliphatic carbocycles. The molecule has 0 aliphatic heterocycles. The van der Waals surface area contributed by atoms with Crippen LogP contribution in [-0.2, 0) is 10.0 Å². The lowest BCUT2D eigenvalue weighted by Crippen LogP contribution is -2.26. The number of hydrogen-bond acceptors (Lipinski definition) is 7. The number of hydrogen-bond donors (Lipinski definition) is 3. The molecule has 4 aromatic rings. The minimum absolute atomic E-state index is 0.133. The number of sulfonamides is 1. The van der Waals surface area contributed by atoms with Gasteiger partial charge in [0.2, 0.25) is 10.0 Å². The molecule has 0 saturated heterocycles. The predicted molar refractivity (Wildman–Crippen MR) is 143 cm³/mol. The first-order valence-corrected chi connectivity index (χ1v) is 13.0. The van der Waals surface area contributed by atoms with Gasteiger partial charge in [0, 0.05) is 17.5 Å². The Morgan fingerprint density at radius 2 is 1.53 bits per heavy atom. The third-order valence-corrected chi connectivity index (χ3v) is 7.25. The zero-order valence-electron chi connectivity index (χ0n) is 19.3. The average molecular weight is 521 g/mol. The average Bonchev–Trinajstić information content (AvgIpc) is 2.88. The van der Waals surface area contributed by atoms with Crippen molar-refractivity contribution in [3.05, 3.63) is 107 Å². The maximum atomic E-state index is 12.7. The second-order valence-corrected chi connectivity index (χ2v) is 10.2. The van der Waals surface area contributed by atoms with Gasteiger partial charge in [-0.15, -0.1) is 5.11 Å². The highest BCUT2D eigenvalue weighted by molar-refractivity contribution is 7.89. The summed E-state index contributed by atoms with van der Waals surface area (Å²) in [6, 6.07) is 26.5. The summed E-state index contributed by atoms with van der Waals surface area (Å²) in [5.41, 5.74) is 14.9. The Bertz CT molecular complexity index is 1450. The first-order chi connectivity index (χ1) is 17.3. The van der Waals surface area contributed by atoms with Crippen LogP contribution in [-0.4, -0.2) is 19.9 Å². The number of nitrogen functional groups attached to an aromatic ring is 2. The molecule has 1 unspecified atom stereocenters. The van der Waals surface area contributed by atoms with E-state index >= 15 is 0 Å². The molecule has 0 amide bonds. The SMILES string of the molecule is Nc1cc(C(CCNS(=O)(=O)c2ccccc2)c2ccccc2)c(/N=N/c2ccc(Cl)cc2)c(N)n1. The van der Waals surface area contributed by atoms with Crippen LogP contribution in [0.1, 0.15) is 23.5 Å². The standard InChI is InChI=1S/C26H25ClN6O2S/c27-19-11-13-20(14-12-19)32-33-25-23(17-24(28)31-26(25)29)22(18-7-3-1-4-8-18)15-16-30-36(34,35)21-9-5-2-6-10-21/h1-14,17,22,30H,15-16H2,(H4,28,29,31)/b33-32+. The van der Waals surface area contributed by atoms with Crippen LogP contribution in [0.4, 0.5) is 23.0 Å². The molecule has 3 aromatic carbocycles. The maximum absolute atomic E-state index is 12.7. The molecule has 5 N–H and O–H groups in total. The van der Waals surface area contributed by atoms with Crippen LogP contribution < -0.4 is 16.2 Å². The molecule has 4 rings (SSSR count). The van der Waals surface area contributed by atoms with Crippen LogP contribution in [0.5, 0.6) is 0 Å². The van der Waals surface area contributed by atoms with E-state index in [0.717, 1.165) is 5.56 Å². The lowest BCUT2D eigenvalue weighted by atomic mass is 9.88. The number of nitrogens with one attached hydrogen (secondary N) is 1. The summed E-state index contributed by atoms with van der Waals surface area (Å²) in [4.78, 5) is 4.37. The van der Waals surface area contributed by atoms with E-state index in [9.17, 15) is 8.42 Å². The smallest absolute Gasteiger partial charge is 0.240 e. The van der Waals surface area contributed by atoms with Crippen LogP contribution >= 0.6 is 11.6 Å². The summed E-state index contributed by atoms with van der Waals surface area (Å²) in [6.45, 7) is 0.173. The maximum Gasteiger partial charge on any atom is 0.240 e. The van der Waals surface area contributed by atoms with Crippen molar-refractivity contribution in [2.75, 3.05) is 18.0 Å². The van der Waals surface area contributed by atoms with Gasteiger partial charge in [-0.3, -0.25) is 0 Å². The molecular weight excluding hydrogens is 496 g/mol. The first kappa shape index (κ1) is 25.3. The van der Waals surface area contributed by atoms with Crippen molar-refractivity contribution >= 4 is 44.6 Å². The Kier molecular flexibility index (Phi) is 7.94. The topological polar surface area (TPSA) is 136 Å². The van der Waals surface area contributed by atoms with E-state index in [1.54, 1.807) is 60.7 Å². The minimum Gasteiger partial charge on any atom is -0.384 e. The molecule has 0 aliphatic rings. The fourth-order valence-electron chi connectivity index (χ4n) is 3.80. The van der Waals surface area contributed by atoms with Gasteiger partial charge in [-0.25, -0.2) is 18.1 Å². The highest BCUT2D eigenvalue weighted by atomic mass is 35.5. The van der Waals surface area contributed by atoms with Crippen molar-refractivity contribution in [3.8, 4) is 0 Å². The summed E-state index contributed by atoms with van der Waals surface area (Å²) < 4.78 is 28.2. The Labute approximate surface area is 215 Å². The van der Waals surface area contributed by atoms with E-state index < -0.39 is 10.0 Å². The second-order valence-electron chi connectivity index (χ2n) is 8.01. The second kappa shape index (κ2) is 11.3. The van der Waals surface area contributed by atoms with E-state index in [0.29, 0.717) is 28.4 Å². The van der Waals surface area contributed by atoms with E-state index in [4.69, 9.17) is 23.1 Å². The third kappa shape index (κ3) is 6.25. The minimum atomic E-state index is -3.66. The van der Waals surface area contributed by atoms with E-state index in [2.05, 4.69) is 19.9 Å². The van der Waals surface area contributed by atoms with Crippen molar-refractivity contribution in [2.24, 2.45) is 10.2 Å². The number of halogens is 1. The van der Waals surface area contributed by atoms with Gasteiger partial charge in [-0.1, -0.05) is 60.1 Å². The van der Waals surface area contributed by atoms with Crippen molar-refractivity contribution in [3.63, 3.8) is 0 Å². The van der Waals surface area contributed by atoms with Gasteiger partial charge < -0.3 is 11.5 Å². The predicted octanol–water partition coefficient (Wildman–Crippen LogP) is 5.82. The Morgan fingerprint density at radius 1 is 0.889 bits per heavy atom. The first-order valence-electron chi connectivity index (χ1n) is 11.2. The molecule has 1 aromatic heterocycles. The number of nitrogens with two attached hydrogens (primary N) is 2. The van der Waals surface area contributed by atoms with Crippen LogP contribution in [0.25, 0.3) is 0 Å². The van der Waals surface area contributed by atoms with Gasteiger partial charge in [0.05, 0.1) is 10.6 Å². The Morgan fingerprint density at radius 3 is 2.19 bits per heavy atom. The third-order valence-electron chi connectivity index (χ3n) is 5.52. The number of nitrogens with zero attached hydrogens (tertiary/aromatic N) is 3. The summed E-state index contributed by atoms with van der Waals surface area (Å²) >= 11 is 5.96. The number of anilines is 2. The number of aromatic nitrogens is 1. The Balaban J connectivity index is 1.67. The number of benzene rings is 3. The lowest BCUT2D eigenvalue weighted by molar-refractivity contribution is 0.575. The van der Waals surface area contributed by atoms with Gasteiger partial charge in [0.15, 0.2) is 5.82 Å². The molecule has 36 heavy (non-hydrogen) atoms. The van der Waals surface area contributed by atoms with Crippen molar-refractivity contribution < 1.29 is 8.42 Å². The molecule has 1 atom stereocenters. The van der Waals surface area contributed by atoms with E-state index in [-0.39, 0.29) is 29.0 Å². The van der Waals surface area contributed by atoms with Crippen molar-refractivity contribution in [1.82, 2.24) is 9.71 Å². The monoisotopic (exact) mass is 520 g/mol. The molecule has 10 heteroatoms. The number of pyridine rings is 1. The van der Waals surface area contributed by atoms with Crippen LogP contribution in [0.15, 0.2) is 106 Å². The highest BCUT2D eigenvalue weighted by Crippen LogP contribution is 2.39. The zero-order valence-corrected chi connectivity index (χ0v) is 20.8. The van der Waals surface area contributed by atoms with Crippen LogP contribution in [0, 0.1) is 0 Å². The largest absolute Gasteiger partial charge is 0.384 e.